The van der Waals surface area contributed by atoms with Crippen molar-refractivity contribution in [3.05, 3.63) is 64.4 Å². The summed E-state index contributed by atoms with van der Waals surface area (Å²) in [6, 6.07) is 10.8. The highest BCUT2D eigenvalue weighted by Crippen LogP contribution is 2.22. The molecule has 8 heteroatoms. The monoisotopic (exact) mass is 413 g/mol. The number of rotatable bonds is 6. The Labute approximate surface area is 164 Å². The van der Waals surface area contributed by atoms with Gasteiger partial charge in [-0.1, -0.05) is 41.4 Å². The first-order valence-electron chi connectivity index (χ1n) is 8.80. The predicted octanol–water partition coefficient (Wildman–Crippen LogP) is 1.72. The molecule has 146 valence electrons. The van der Waals surface area contributed by atoms with E-state index in [1.165, 1.54) is 17.0 Å². The molecule has 0 bridgehead atoms. The van der Waals surface area contributed by atoms with Crippen LogP contribution in [0.5, 0.6) is 0 Å². The molecule has 0 unspecified atom stereocenters. The van der Waals surface area contributed by atoms with Crippen LogP contribution in [-0.4, -0.2) is 41.3 Å². The number of halogens is 2. The maximum Gasteiger partial charge on any atom is 0.244 e. The van der Waals surface area contributed by atoms with Gasteiger partial charge in [0.15, 0.2) is 0 Å². The number of ether oxygens (including phenoxy) is 1. The zero-order valence-electron chi connectivity index (χ0n) is 15.0. The molecular formula is C19H23ClFN2O3S+. The molecule has 3 rings (SSSR count). The van der Waals surface area contributed by atoms with Crippen LogP contribution in [0.4, 0.5) is 4.39 Å². The second kappa shape index (κ2) is 8.67. The zero-order chi connectivity index (χ0) is 19.4. The van der Waals surface area contributed by atoms with E-state index in [2.05, 4.69) is 4.72 Å². The average molecular weight is 414 g/mol. The zero-order valence-corrected chi connectivity index (χ0v) is 16.6. The summed E-state index contributed by atoms with van der Waals surface area (Å²) in [7, 11) is -4.04. The van der Waals surface area contributed by atoms with Gasteiger partial charge in [0.1, 0.15) is 23.8 Å². The van der Waals surface area contributed by atoms with Crippen molar-refractivity contribution in [2.24, 2.45) is 0 Å². The number of nitrogens with one attached hydrogen (secondary N) is 2. The molecule has 1 saturated heterocycles. The second-order valence-electron chi connectivity index (χ2n) is 6.73. The highest BCUT2D eigenvalue weighted by Gasteiger charge is 2.28. The molecule has 2 aromatic rings. The summed E-state index contributed by atoms with van der Waals surface area (Å²) in [5.41, 5.74) is 1.93. The third-order valence-corrected chi connectivity index (χ3v) is 6.39. The first kappa shape index (κ1) is 20.2. The lowest BCUT2D eigenvalue weighted by Crippen LogP contribution is -3.14. The minimum atomic E-state index is -4.04. The molecule has 5 nitrogen and oxygen atoms in total. The number of quaternary nitrogens is 1. The van der Waals surface area contributed by atoms with Crippen molar-refractivity contribution >= 4 is 21.6 Å². The van der Waals surface area contributed by atoms with Crippen molar-refractivity contribution in [3.63, 3.8) is 0 Å². The molecule has 1 atom stereocenters. The number of sulfonamides is 1. The third-order valence-electron chi connectivity index (χ3n) is 4.65. The van der Waals surface area contributed by atoms with Crippen LogP contribution in [0.2, 0.25) is 5.02 Å². The third kappa shape index (κ3) is 5.27. The van der Waals surface area contributed by atoms with Gasteiger partial charge >= 0.3 is 0 Å². The Hall–Kier alpha value is -1.51. The van der Waals surface area contributed by atoms with E-state index in [9.17, 15) is 12.8 Å². The highest BCUT2D eigenvalue weighted by atomic mass is 35.5. The average Bonchev–Trinajstić information content (AvgIpc) is 2.62. The molecule has 0 aromatic heterocycles. The van der Waals surface area contributed by atoms with Crippen LogP contribution >= 0.6 is 11.6 Å². The molecule has 2 aromatic carbocycles. The van der Waals surface area contributed by atoms with Gasteiger partial charge < -0.3 is 9.64 Å². The van der Waals surface area contributed by atoms with Crippen LogP contribution in [-0.2, 0) is 14.8 Å². The lowest BCUT2D eigenvalue weighted by Gasteiger charge is -2.28. The molecule has 2 N–H and O–H groups in total. The Morgan fingerprint density at radius 2 is 1.85 bits per heavy atom. The SMILES string of the molecule is Cc1ccc([C@@H](C[NH+]2CCOCC2)NS(=O)(=O)c2ccc(Cl)cc2F)cc1. The molecule has 0 aliphatic carbocycles. The van der Waals surface area contributed by atoms with Gasteiger partial charge in [-0.05, 0) is 30.7 Å². The van der Waals surface area contributed by atoms with Crippen LogP contribution < -0.4 is 9.62 Å². The van der Waals surface area contributed by atoms with Crippen LogP contribution in [0, 0.1) is 12.7 Å². The molecule has 0 amide bonds. The fourth-order valence-electron chi connectivity index (χ4n) is 3.12. The fourth-order valence-corrected chi connectivity index (χ4v) is 4.57. The van der Waals surface area contributed by atoms with E-state index in [1.54, 1.807) is 0 Å². The smallest absolute Gasteiger partial charge is 0.244 e. The van der Waals surface area contributed by atoms with Gasteiger partial charge in [0, 0.05) is 5.02 Å². The van der Waals surface area contributed by atoms with Crippen molar-refractivity contribution in [2.75, 3.05) is 32.8 Å². The van der Waals surface area contributed by atoms with Gasteiger partial charge in [0.25, 0.3) is 0 Å². The van der Waals surface area contributed by atoms with E-state index in [0.29, 0.717) is 19.8 Å². The van der Waals surface area contributed by atoms with E-state index in [-0.39, 0.29) is 5.02 Å². The Balaban J connectivity index is 1.88. The Morgan fingerprint density at radius 3 is 2.48 bits per heavy atom. The summed E-state index contributed by atoms with van der Waals surface area (Å²) >= 11 is 5.74. The lowest BCUT2D eigenvalue weighted by molar-refractivity contribution is -0.909. The van der Waals surface area contributed by atoms with Crippen molar-refractivity contribution in [1.29, 1.82) is 0 Å². The number of hydrogen-bond acceptors (Lipinski definition) is 3. The summed E-state index contributed by atoms with van der Waals surface area (Å²) in [5, 5.41) is 0.152. The van der Waals surface area contributed by atoms with Crippen molar-refractivity contribution < 1.29 is 22.4 Å². The van der Waals surface area contributed by atoms with E-state index in [0.717, 1.165) is 30.3 Å². The van der Waals surface area contributed by atoms with Gasteiger partial charge in [-0.15, -0.1) is 0 Å². The molecule has 1 fully saturated rings. The summed E-state index contributed by atoms with van der Waals surface area (Å²) in [5.74, 6) is -0.864. The Morgan fingerprint density at radius 1 is 1.19 bits per heavy atom. The van der Waals surface area contributed by atoms with Gasteiger partial charge in [-0.3, -0.25) is 0 Å². The molecular weight excluding hydrogens is 391 g/mol. The summed E-state index contributed by atoms with van der Waals surface area (Å²) in [6.07, 6.45) is 0. The molecule has 0 radical (unpaired) electrons. The van der Waals surface area contributed by atoms with E-state index < -0.39 is 26.8 Å². The highest BCUT2D eigenvalue weighted by molar-refractivity contribution is 7.89. The van der Waals surface area contributed by atoms with Crippen LogP contribution in [0.1, 0.15) is 17.2 Å². The van der Waals surface area contributed by atoms with Gasteiger partial charge in [-0.2, -0.15) is 4.72 Å². The largest absolute Gasteiger partial charge is 0.370 e. The number of morpholine rings is 1. The molecule has 0 saturated carbocycles. The molecule has 1 aliphatic heterocycles. The quantitative estimate of drug-likeness (QED) is 0.758. The number of hydrogen-bond donors (Lipinski definition) is 2. The lowest BCUT2D eigenvalue weighted by atomic mass is 10.1. The first-order chi connectivity index (χ1) is 12.8. The maximum absolute atomic E-state index is 14.2. The minimum Gasteiger partial charge on any atom is -0.370 e. The van der Waals surface area contributed by atoms with Gasteiger partial charge in [-0.25, -0.2) is 12.8 Å². The van der Waals surface area contributed by atoms with Gasteiger partial charge in [0.2, 0.25) is 10.0 Å². The van der Waals surface area contributed by atoms with E-state index in [4.69, 9.17) is 16.3 Å². The van der Waals surface area contributed by atoms with E-state index in [1.807, 2.05) is 31.2 Å². The maximum atomic E-state index is 14.2. The van der Waals surface area contributed by atoms with Crippen LogP contribution in [0.25, 0.3) is 0 Å². The van der Waals surface area contributed by atoms with Crippen molar-refractivity contribution in [2.45, 2.75) is 17.9 Å². The molecule has 27 heavy (non-hydrogen) atoms. The number of aryl methyl sites for hydroxylation is 1. The first-order valence-corrected chi connectivity index (χ1v) is 10.7. The Kier molecular flexibility index (Phi) is 6.49. The van der Waals surface area contributed by atoms with Crippen LogP contribution in [0.3, 0.4) is 0 Å². The molecule has 1 aliphatic rings. The summed E-state index contributed by atoms with van der Waals surface area (Å²) < 4.78 is 47.9. The summed E-state index contributed by atoms with van der Waals surface area (Å²) in [4.78, 5) is 0.840. The van der Waals surface area contributed by atoms with Crippen LogP contribution in [0.15, 0.2) is 47.4 Å². The minimum absolute atomic E-state index is 0.152. The van der Waals surface area contributed by atoms with E-state index >= 15 is 0 Å². The fraction of sp³-hybridized carbons (Fsp3) is 0.368. The Bertz CT molecular complexity index is 884. The normalized spacial score (nSPS) is 17.0. The standard InChI is InChI=1S/C19H22ClFN2O3S/c1-14-2-4-15(5-3-14)18(13-23-8-10-26-11-9-23)22-27(24,25)19-7-6-16(20)12-17(19)21/h2-7,12,18,22H,8-11,13H2,1H3/p+1/t18-/m1/s1. The molecule has 1 heterocycles. The van der Waals surface area contributed by atoms with Crippen molar-refractivity contribution in [3.8, 4) is 0 Å². The molecule has 0 spiro atoms. The van der Waals surface area contributed by atoms with Gasteiger partial charge in [0.05, 0.1) is 25.8 Å². The second-order valence-corrected chi connectivity index (χ2v) is 8.84. The van der Waals surface area contributed by atoms with Crippen molar-refractivity contribution in [1.82, 2.24) is 4.72 Å². The predicted molar refractivity (Wildman–Crippen MR) is 102 cm³/mol. The topological polar surface area (TPSA) is 59.8 Å². The summed E-state index contributed by atoms with van der Waals surface area (Å²) in [6.45, 7) is 5.43. The number of benzene rings is 2.